The van der Waals surface area contributed by atoms with Crippen LogP contribution in [0.5, 0.6) is 0 Å². The van der Waals surface area contributed by atoms with Crippen molar-refractivity contribution < 1.29 is 18.4 Å². The van der Waals surface area contributed by atoms with Crippen LogP contribution in [0.25, 0.3) is 0 Å². The molecule has 0 unspecified atom stereocenters. The lowest BCUT2D eigenvalue weighted by Crippen LogP contribution is -2.38. The summed E-state index contributed by atoms with van der Waals surface area (Å²) in [7, 11) is -0.614. The number of hydrogen-bond donors (Lipinski definition) is 1. The van der Waals surface area contributed by atoms with Gasteiger partial charge in [0.15, 0.2) is 0 Å². The number of carbonyl (C=O) groups excluding carboxylic acids is 1. The summed E-state index contributed by atoms with van der Waals surface area (Å²) in [5.74, 6) is 0. The molecule has 0 saturated carbocycles. The molecule has 0 fully saturated rings. The number of hydrogen-bond acceptors (Lipinski definition) is 4. The minimum absolute atomic E-state index is 0.375. The Hall–Kier alpha value is -0.593. The summed E-state index contributed by atoms with van der Waals surface area (Å²) in [5, 5.41) is 2.66. The summed E-state index contributed by atoms with van der Waals surface area (Å²) in [5.41, 5.74) is 0. The smallest absolute Gasteiger partial charge is 0.406 e. The Morgan fingerprint density at radius 1 is 1.18 bits per heavy atom. The molecule has 0 radical (unpaired) electrons. The van der Waals surface area contributed by atoms with Crippen LogP contribution in [0, 0.1) is 0 Å². The summed E-state index contributed by atoms with van der Waals surface area (Å²) in [4.78, 5) is 10.8. The molecule has 0 aromatic carbocycles. The summed E-state index contributed by atoms with van der Waals surface area (Å²) < 4.78 is 15.9. The van der Waals surface area contributed by atoms with Gasteiger partial charge in [-0.1, -0.05) is 0 Å². The molecule has 0 spiro atoms. The summed E-state index contributed by atoms with van der Waals surface area (Å²) >= 11 is 0. The normalized spacial score (nSPS) is 11.3. The van der Waals surface area contributed by atoms with Crippen molar-refractivity contribution in [3.05, 3.63) is 0 Å². The molecule has 6 heteroatoms. The van der Waals surface area contributed by atoms with E-state index < -0.39 is 8.56 Å². The quantitative estimate of drug-likeness (QED) is 0.512. The fraction of sp³-hybridized carbons (Fsp3) is 0.909. The van der Waals surface area contributed by atoms with Crippen molar-refractivity contribution in [2.24, 2.45) is 0 Å². The lowest BCUT2D eigenvalue weighted by Gasteiger charge is -2.25. The van der Waals surface area contributed by atoms with Gasteiger partial charge in [-0.2, -0.15) is 0 Å². The molecule has 1 N–H and O–H groups in total. The number of amides is 1. The van der Waals surface area contributed by atoms with Crippen LogP contribution in [0.15, 0.2) is 0 Å². The first-order chi connectivity index (χ1) is 8.08. The molecule has 1 amide bonds. The number of nitrogens with one attached hydrogen (secondary N) is 1. The number of carbonyl (C=O) groups is 1. The van der Waals surface area contributed by atoms with E-state index in [9.17, 15) is 4.79 Å². The van der Waals surface area contributed by atoms with Crippen LogP contribution in [0.1, 0.15) is 26.7 Å². The van der Waals surface area contributed by atoms with Gasteiger partial charge in [0.2, 0.25) is 0 Å². The van der Waals surface area contributed by atoms with Crippen LogP contribution in [0.2, 0.25) is 12.6 Å². The van der Waals surface area contributed by atoms with E-state index in [0.29, 0.717) is 19.8 Å². The van der Waals surface area contributed by atoms with E-state index in [-0.39, 0.29) is 6.09 Å². The van der Waals surface area contributed by atoms with E-state index in [1.165, 1.54) is 7.11 Å². The molecular weight excluding hydrogens is 238 g/mol. The zero-order valence-corrected chi connectivity index (χ0v) is 12.4. The first-order valence-corrected chi connectivity index (χ1v) is 8.70. The van der Waals surface area contributed by atoms with Gasteiger partial charge < -0.3 is 18.9 Å². The third kappa shape index (κ3) is 8.17. The molecular formula is C11H25NO4Si. The zero-order chi connectivity index (χ0) is 13.1. The molecule has 102 valence electrons. The van der Waals surface area contributed by atoms with Crippen molar-refractivity contribution in [3.8, 4) is 0 Å². The molecule has 5 nitrogen and oxygen atoms in total. The maximum absolute atomic E-state index is 10.8. The molecule has 0 rings (SSSR count). The Balaban J connectivity index is 3.71. The summed E-state index contributed by atoms with van der Waals surface area (Å²) in [6.07, 6.45) is 1.53. The minimum Gasteiger partial charge on any atom is -0.453 e. The predicted molar refractivity (Wildman–Crippen MR) is 69.3 cm³/mol. The second kappa shape index (κ2) is 9.44. The lowest BCUT2D eigenvalue weighted by atomic mass is 10.3. The van der Waals surface area contributed by atoms with Gasteiger partial charge in [-0.3, -0.25) is 0 Å². The molecule has 0 saturated heterocycles. The van der Waals surface area contributed by atoms with Gasteiger partial charge in [-0.15, -0.1) is 0 Å². The van der Waals surface area contributed by atoms with Crippen LogP contribution in [0.4, 0.5) is 4.79 Å². The van der Waals surface area contributed by atoms with Crippen LogP contribution in [-0.2, 0) is 13.6 Å². The van der Waals surface area contributed by atoms with Crippen molar-refractivity contribution in [1.29, 1.82) is 0 Å². The Morgan fingerprint density at radius 3 is 2.24 bits per heavy atom. The second-order valence-electron chi connectivity index (χ2n) is 3.88. The van der Waals surface area contributed by atoms with Crippen LogP contribution < -0.4 is 5.32 Å². The first kappa shape index (κ1) is 16.4. The minimum atomic E-state index is -1.98. The van der Waals surface area contributed by atoms with E-state index in [4.69, 9.17) is 8.85 Å². The first-order valence-electron chi connectivity index (χ1n) is 6.17. The number of alkyl carbamates (subject to hydrolysis) is 1. The standard InChI is InChI=1S/C11H25NO4Si/c1-5-15-17(4,16-6-2)10-8-7-9-12-11(13)14-3/h5-10H2,1-4H3,(H,12,13). The highest BCUT2D eigenvalue weighted by molar-refractivity contribution is 6.66. The third-order valence-electron chi connectivity index (χ3n) is 2.41. The predicted octanol–water partition coefficient (Wildman–Crippen LogP) is 2.27. The summed E-state index contributed by atoms with van der Waals surface area (Å²) in [6.45, 7) is 8.10. The largest absolute Gasteiger partial charge is 0.453 e. The second-order valence-corrected chi connectivity index (χ2v) is 7.22. The highest BCUT2D eigenvalue weighted by atomic mass is 28.4. The topological polar surface area (TPSA) is 56.8 Å². The van der Waals surface area contributed by atoms with E-state index in [1.807, 2.05) is 13.8 Å². The highest BCUT2D eigenvalue weighted by Gasteiger charge is 2.29. The Kier molecular flexibility index (Phi) is 9.11. The average Bonchev–Trinajstić information content (AvgIpc) is 2.29. The van der Waals surface area contributed by atoms with Crippen LogP contribution in [0.3, 0.4) is 0 Å². The number of ether oxygens (including phenoxy) is 1. The SMILES string of the molecule is CCO[Si](C)(CCCCNC(=O)OC)OCC. The fourth-order valence-corrected chi connectivity index (χ4v) is 4.12. The van der Waals surface area contributed by atoms with Crippen LogP contribution in [-0.4, -0.2) is 41.5 Å². The number of unbranched alkanes of at least 4 members (excludes halogenated alkanes) is 1. The molecule has 0 aliphatic rings. The highest BCUT2D eigenvalue weighted by Crippen LogP contribution is 2.16. The van der Waals surface area contributed by atoms with E-state index in [0.717, 1.165) is 18.9 Å². The number of methoxy groups -OCH3 is 1. The van der Waals surface area contributed by atoms with E-state index in [2.05, 4.69) is 16.6 Å². The molecule has 0 aromatic rings. The third-order valence-corrected chi connectivity index (χ3v) is 5.47. The molecule has 0 heterocycles. The molecule has 17 heavy (non-hydrogen) atoms. The van der Waals surface area contributed by atoms with Crippen molar-refractivity contribution >= 4 is 14.7 Å². The van der Waals surface area contributed by atoms with Crippen LogP contribution >= 0.6 is 0 Å². The van der Waals surface area contributed by atoms with Gasteiger partial charge in [-0.25, -0.2) is 4.79 Å². The Morgan fingerprint density at radius 2 is 1.76 bits per heavy atom. The van der Waals surface area contributed by atoms with Gasteiger partial charge in [0.25, 0.3) is 0 Å². The molecule has 0 bridgehead atoms. The van der Waals surface area contributed by atoms with Crippen molar-refractivity contribution in [1.82, 2.24) is 5.32 Å². The molecule has 0 aliphatic carbocycles. The monoisotopic (exact) mass is 263 g/mol. The van der Waals surface area contributed by atoms with Gasteiger partial charge in [-0.05, 0) is 39.3 Å². The van der Waals surface area contributed by atoms with Gasteiger partial charge >= 0.3 is 14.7 Å². The van der Waals surface area contributed by atoms with Gasteiger partial charge in [0.05, 0.1) is 7.11 Å². The van der Waals surface area contributed by atoms with E-state index in [1.54, 1.807) is 0 Å². The molecule has 0 atom stereocenters. The van der Waals surface area contributed by atoms with Crippen molar-refractivity contribution in [2.45, 2.75) is 39.3 Å². The number of rotatable bonds is 9. The Bertz CT molecular complexity index is 208. The molecule has 0 aromatic heterocycles. The lowest BCUT2D eigenvalue weighted by molar-refractivity contribution is 0.171. The zero-order valence-electron chi connectivity index (χ0n) is 11.4. The maximum Gasteiger partial charge on any atom is 0.406 e. The molecule has 0 aliphatic heterocycles. The van der Waals surface area contributed by atoms with Gasteiger partial charge in [0.1, 0.15) is 0 Å². The Labute approximate surface area is 105 Å². The van der Waals surface area contributed by atoms with Crippen molar-refractivity contribution in [2.75, 3.05) is 26.9 Å². The summed E-state index contributed by atoms with van der Waals surface area (Å²) in [6, 6.07) is 0.956. The van der Waals surface area contributed by atoms with E-state index >= 15 is 0 Å². The average molecular weight is 263 g/mol. The van der Waals surface area contributed by atoms with Crippen molar-refractivity contribution in [3.63, 3.8) is 0 Å². The van der Waals surface area contributed by atoms with Gasteiger partial charge in [0, 0.05) is 19.8 Å². The maximum atomic E-state index is 10.8. The fourth-order valence-electron chi connectivity index (χ4n) is 1.63.